The molecule has 2 aliphatic rings. The molecule has 0 atom stereocenters. The van der Waals surface area contributed by atoms with Crippen molar-refractivity contribution in [3.63, 3.8) is 0 Å². The van der Waals surface area contributed by atoms with Crippen molar-refractivity contribution in [2.45, 2.75) is 115 Å². The van der Waals surface area contributed by atoms with E-state index in [9.17, 15) is 0 Å². The van der Waals surface area contributed by atoms with Gasteiger partial charge in [0, 0.05) is 0 Å². The van der Waals surface area contributed by atoms with Crippen molar-refractivity contribution in [2.24, 2.45) is 0 Å². The Balaban J connectivity index is 1.92. The van der Waals surface area contributed by atoms with Crippen LogP contribution in [0, 0.1) is 0 Å². The summed E-state index contributed by atoms with van der Waals surface area (Å²) < 4.78 is 0. The van der Waals surface area contributed by atoms with Crippen molar-refractivity contribution in [3.8, 4) is 11.1 Å². The zero-order valence-corrected chi connectivity index (χ0v) is 23.5. The first-order valence-corrected chi connectivity index (χ1v) is 15.3. The highest BCUT2D eigenvalue weighted by Gasteiger charge is 2.47. The Morgan fingerprint density at radius 3 is 1.06 bits per heavy atom. The largest absolute Gasteiger partial charge is 0.0631 e. The fraction of sp³-hybridized carbons (Fsp3) is 0.600. The van der Waals surface area contributed by atoms with E-state index < -0.39 is 0 Å². The van der Waals surface area contributed by atoms with Gasteiger partial charge in [-0.2, -0.15) is 0 Å². The van der Waals surface area contributed by atoms with E-state index in [0.717, 1.165) is 0 Å². The molecule has 2 saturated heterocycles. The third-order valence-electron chi connectivity index (χ3n) is 8.16. The van der Waals surface area contributed by atoms with Crippen LogP contribution in [0.1, 0.15) is 93.9 Å². The van der Waals surface area contributed by atoms with E-state index in [0.29, 0.717) is 20.6 Å². The molecule has 0 saturated carbocycles. The summed E-state index contributed by atoms with van der Waals surface area (Å²) in [5.41, 5.74) is 3.05. The second-order valence-electron chi connectivity index (χ2n) is 12.7. The quantitative estimate of drug-likeness (QED) is 0.396. The summed E-state index contributed by atoms with van der Waals surface area (Å²) >= 11 is 0. The predicted molar refractivity (Wildman–Crippen MR) is 149 cm³/mol. The van der Waals surface area contributed by atoms with Crippen LogP contribution in [0.5, 0.6) is 0 Å². The van der Waals surface area contributed by atoms with Gasteiger partial charge >= 0.3 is 0 Å². The number of hydrogen-bond acceptors (Lipinski definition) is 0. The monoisotopic (exact) mass is 466 g/mol. The molecule has 0 unspecified atom stereocenters. The average Bonchev–Trinajstić information content (AvgIpc) is 2.66. The minimum atomic E-state index is -0.268. The Bertz CT molecular complexity index is 855. The zero-order chi connectivity index (χ0) is 23.4. The molecule has 0 amide bonds. The average molecular weight is 467 g/mol. The molecule has 2 heterocycles. The van der Waals surface area contributed by atoms with Crippen molar-refractivity contribution in [1.29, 1.82) is 0 Å². The second kappa shape index (κ2) is 8.51. The van der Waals surface area contributed by atoms with Crippen LogP contribution in [-0.2, 0) is 0 Å². The maximum Gasteiger partial charge on any atom is -0.0100 e. The Hall–Kier alpha value is -0.700. The van der Waals surface area contributed by atoms with Gasteiger partial charge in [-0.05, 0) is 68.0 Å². The fourth-order valence-electron chi connectivity index (χ4n) is 7.09. The molecule has 4 rings (SSSR count). The van der Waals surface area contributed by atoms with E-state index in [2.05, 4.69) is 104 Å². The molecule has 0 aliphatic carbocycles. The highest BCUT2D eigenvalue weighted by atomic mass is 31.1. The summed E-state index contributed by atoms with van der Waals surface area (Å²) in [7, 11) is -0.536. The van der Waals surface area contributed by atoms with Gasteiger partial charge in [-0.25, -0.2) is 0 Å². The smallest absolute Gasteiger partial charge is 0.0100 e. The first-order chi connectivity index (χ1) is 14.9. The Morgan fingerprint density at radius 1 is 0.469 bits per heavy atom. The lowest BCUT2D eigenvalue weighted by Crippen LogP contribution is -2.41. The van der Waals surface area contributed by atoms with Crippen molar-refractivity contribution >= 4 is 26.5 Å². The molecule has 0 nitrogen and oxygen atoms in total. The number of benzene rings is 2. The van der Waals surface area contributed by atoms with Crippen molar-refractivity contribution in [2.75, 3.05) is 0 Å². The van der Waals surface area contributed by atoms with Gasteiger partial charge in [-0.1, -0.05) is 133 Å². The maximum absolute atomic E-state index is 2.54. The fourth-order valence-corrected chi connectivity index (χ4v) is 15.8. The first kappa shape index (κ1) is 24.4. The molecule has 0 N–H and O–H groups in total. The lowest BCUT2D eigenvalue weighted by Gasteiger charge is -2.51. The van der Waals surface area contributed by atoms with Crippen LogP contribution in [0.15, 0.2) is 48.5 Å². The van der Waals surface area contributed by atoms with E-state index >= 15 is 0 Å². The summed E-state index contributed by atoms with van der Waals surface area (Å²) in [4.78, 5) is 0. The van der Waals surface area contributed by atoms with Crippen LogP contribution in [-0.4, -0.2) is 20.6 Å². The van der Waals surface area contributed by atoms with Crippen LogP contribution >= 0.6 is 15.8 Å². The van der Waals surface area contributed by atoms with E-state index in [1.807, 2.05) is 0 Å². The molecule has 2 heteroatoms. The van der Waals surface area contributed by atoms with Crippen molar-refractivity contribution < 1.29 is 0 Å². The van der Waals surface area contributed by atoms with Crippen LogP contribution < -0.4 is 10.6 Å². The topological polar surface area (TPSA) is 0 Å². The molecular formula is C30H44P2. The molecule has 0 bridgehead atoms. The third kappa shape index (κ3) is 4.37. The van der Waals surface area contributed by atoms with E-state index in [4.69, 9.17) is 0 Å². The molecule has 0 radical (unpaired) electrons. The maximum atomic E-state index is 2.54. The minimum Gasteiger partial charge on any atom is -0.0631 e. The van der Waals surface area contributed by atoms with Gasteiger partial charge in [0.2, 0.25) is 0 Å². The van der Waals surface area contributed by atoms with Gasteiger partial charge in [0.15, 0.2) is 0 Å². The van der Waals surface area contributed by atoms with Crippen molar-refractivity contribution in [1.82, 2.24) is 0 Å². The Kier molecular flexibility index (Phi) is 6.49. The van der Waals surface area contributed by atoms with E-state index in [-0.39, 0.29) is 15.8 Å². The standard InChI is InChI=1S/C30H44P2/c1-27(2)19-13-20-28(3,4)31(27)25-17-11-9-15-23(25)24-16-10-12-18-26(24)32-29(5,6)21-14-22-30(32,7)8/h9-12,15-18H,13-14,19-22H2,1-8H3. The normalized spacial score (nSPS) is 24.9. The predicted octanol–water partition coefficient (Wildman–Crippen LogP) is 9.05. The summed E-state index contributed by atoms with van der Waals surface area (Å²) in [5, 5.41) is 4.83. The van der Waals surface area contributed by atoms with Crippen LogP contribution in [0.4, 0.5) is 0 Å². The SMILES string of the molecule is CC1(C)CCCC(C)(C)P1c1ccccc1-c1ccccc1P1C(C)(C)CCCC1(C)C. The molecule has 2 fully saturated rings. The zero-order valence-electron chi connectivity index (χ0n) is 21.8. The molecule has 2 aromatic rings. The van der Waals surface area contributed by atoms with Gasteiger partial charge in [0.1, 0.15) is 0 Å². The third-order valence-corrected chi connectivity index (χ3v) is 15.6. The minimum absolute atomic E-state index is 0.268. The lowest BCUT2D eigenvalue weighted by molar-refractivity contribution is 0.470. The summed E-state index contributed by atoms with van der Waals surface area (Å²) in [6, 6.07) is 19.0. The second-order valence-corrected chi connectivity index (χ2v) is 19.8. The van der Waals surface area contributed by atoms with Gasteiger partial charge in [-0.3, -0.25) is 0 Å². The van der Waals surface area contributed by atoms with E-state index in [1.165, 1.54) is 49.7 Å². The summed E-state index contributed by atoms with van der Waals surface area (Å²) in [6.45, 7) is 20.3. The molecule has 32 heavy (non-hydrogen) atoms. The molecule has 0 spiro atoms. The molecule has 174 valence electrons. The van der Waals surface area contributed by atoms with Gasteiger partial charge < -0.3 is 0 Å². The van der Waals surface area contributed by atoms with Crippen LogP contribution in [0.3, 0.4) is 0 Å². The molecular weight excluding hydrogens is 422 g/mol. The number of hydrogen-bond donors (Lipinski definition) is 0. The van der Waals surface area contributed by atoms with Crippen LogP contribution in [0.25, 0.3) is 11.1 Å². The number of rotatable bonds is 3. The van der Waals surface area contributed by atoms with Crippen LogP contribution in [0.2, 0.25) is 0 Å². The van der Waals surface area contributed by atoms with E-state index in [1.54, 1.807) is 10.6 Å². The summed E-state index contributed by atoms with van der Waals surface area (Å²) in [5.74, 6) is 0. The molecule has 2 aromatic carbocycles. The van der Waals surface area contributed by atoms with Gasteiger partial charge in [-0.15, -0.1) is 0 Å². The highest BCUT2D eigenvalue weighted by molar-refractivity contribution is 7.69. The Morgan fingerprint density at radius 2 is 0.750 bits per heavy atom. The van der Waals surface area contributed by atoms with Crippen molar-refractivity contribution in [3.05, 3.63) is 48.5 Å². The lowest BCUT2D eigenvalue weighted by atomic mass is 9.98. The summed E-state index contributed by atoms with van der Waals surface area (Å²) in [6.07, 6.45) is 8.14. The Labute approximate surface area is 200 Å². The van der Waals surface area contributed by atoms with Gasteiger partial charge in [0.25, 0.3) is 0 Å². The molecule has 0 aromatic heterocycles. The van der Waals surface area contributed by atoms with Gasteiger partial charge in [0.05, 0.1) is 0 Å². The first-order valence-electron chi connectivity index (χ1n) is 12.7. The molecule has 2 aliphatic heterocycles. The highest BCUT2D eigenvalue weighted by Crippen LogP contribution is 2.67.